The van der Waals surface area contributed by atoms with Crippen molar-refractivity contribution in [3.8, 4) is 11.3 Å². The molecule has 7 nitrogen and oxygen atoms in total. The number of aromatic nitrogens is 5. The summed E-state index contributed by atoms with van der Waals surface area (Å²) in [5.74, 6) is 0.626. The molecule has 0 aliphatic heterocycles. The summed E-state index contributed by atoms with van der Waals surface area (Å²) < 4.78 is 2.12. The van der Waals surface area contributed by atoms with Crippen LogP contribution in [0.1, 0.15) is 60.9 Å². The largest absolute Gasteiger partial charge is 0.342 e. The van der Waals surface area contributed by atoms with E-state index in [1.165, 1.54) is 12.8 Å². The monoisotopic (exact) mass is 350 g/mol. The van der Waals surface area contributed by atoms with Crippen molar-refractivity contribution in [2.75, 3.05) is 0 Å². The van der Waals surface area contributed by atoms with Crippen molar-refractivity contribution in [2.24, 2.45) is 0 Å². The highest BCUT2D eigenvalue weighted by atomic mass is 16.1. The van der Waals surface area contributed by atoms with Crippen LogP contribution in [-0.4, -0.2) is 30.9 Å². The van der Waals surface area contributed by atoms with E-state index in [4.69, 9.17) is 0 Å². The molecule has 1 atom stereocenters. The Balaban J connectivity index is 1.53. The molecule has 1 aromatic carbocycles. The number of carbonyl (C=O) groups is 1. The van der Waals surface area contributed by atoms with Crippen LogP contribution in [0.4, 0.5) is 0 Å². The molecule has 7 heteroatoms. The lowest BCUT2D eigenvalue weighted by atomic mass is 10.1. The van der Waals surface area contributed by atoms with E-state index in [2.05, 4.69) is 30.3 Å². The second-order valence-electron chi connectivity index (χ2n) is 6.75. The number of benzene rings is 1. The van der Waals surface area contributed by atoms with E-state index < -0.39 is 0 Å². The summed E-state index contributed by atoms with van der Waals surface area (Å²) in [6, 6.07) is 9.92. The van der Waals surface area contributed by atoms with E-state index in [1.54, 1.807) is 12.5 Å². The van der Waals surface area contributed by atoms with Crippen LogP contribution < -0.4 is 5.32 Å². The molecule has 2 heterocycles. The lowest BCUT2D eigenvalue weighted by molar-refractivity contribution is 0.0938. The minimum Gasteiger partial charge on any atom is -0.342 e. The maximum Gasteiger partial charge on any atom is 0.255 e. The van der Waals surface area contributed by atoms with Gasteiger partial charge in [0.15, 0.2) is 5.82 Å². The summed E-state index contributed by atoms with van der Waals surface area (Å²) in [6.45, 7) is 1.94. The second kappa shape index (κ2) is 7.11. The van der Waals surface area contributed by atoms with Gasteiger partial charge in [0.1, 0.15) is 6.33 Å². The number of hydrogen-bond donors (Lipinski definition) is 2. The Kier molecular flexibility index (Phi) is 4.51. The third-order valence-corrected chi connectivity index (χ3v) is 5.00. The first-order valence-electron chi connectivity index (χ1n) is 9.03. The molecule has 0 radical (unpaired) electrons. The lowest BCUT2D eigenvalue weighted by Crippen LogP contribution is -2.29. The van der Waals surface area contributed by atoms with E-state index in [1.807, 2.05) is 37.3 Å². The zero-order valence-corrected chi connectivity index (χ0v) is 14.7. The van der Waals surface area contributed by atoms with Gasteiger partial charge in [0.2, 0.25) is 0 Å². The summed E-state index contributed by atoms with van der Waals surface area (Å²) in [7, 11) is 0. The number of nitrogens with zero attached hydrogens (tertiary/aromatic N) is 4. The van der Waals surface area contributed by atoms with Gasteiger partial charge in [-0.25, -0.2) is 0 Å². The summed E-state index contributed by atoms with van der Waals surface area (Å²) in [6.07, 6.45) is 8.10. The van der Waals surface area contributed by atoms with Crippen LogP contribution in [0.15, 0.2) is 42.9 Å². The van der Waals surface area contributed by atoms with Crippen molar-refractivity contribution < 1.29 is 4.79 Å². The number of nitrogens with one attached hydrogen (secondary N) is 2. The molecule has 1 unspecified atom stereocenters. The van der Waals surface area contributed by atoms with Gasteiger partial charge in [-0.3, -0.25) is 9.89 Å². The first-order chi connectivity index (χ1) is 12.7. The van der Waals surface area contributed by atoms with Gasteiger partial charge in [-0.05, 0) is 19.8 Å². The van der Waals surface area contributed by atoms with Crippen LogP contribution in [0.2, 0.25) is 0 Å². The zero-order valence-electron chi connectivity index (χ0n) is 14.7. The van der Waals surface area contributed by atoms with E-state index in [0.717, 1.165) is 24.2 Å². The van der Waals surface area contributed by atoms with Crippen LogP contribution in [0.3, 0.4) is 0 Å². The van der Waals surface area contributed by atoms with Gasteiger partial charge in [0.05, 0.1) is 23.5 Å². The highest BCUT2D eigenvalue weighted by Gasteiger charge is 2.24. The number of amides is 1. The van der Waals surface area contributed by atoms with Crippen molar-refractivity contribution in [3.63, 3.8) is 0 Å². The van der Waals surface area contributed by atoms with Gasteiger partial charge < -0.3 is 9.88 Å². The minimum atomic E-state index is -0.232. The molecule has 0 saturated heterocycles. The Morgan fingerprint density at radius 1 is 1.27 bits per heavy atom. The van der Waals surface area contributed by atoms with E-state index >= 15 is 0 Å². The molecule has 0 bridgehead atoms. The zero-order chi connectivity index (χ0) is 17.9. The standard InChI is InChI=1S/C19H22N6O/c1-13(18-24-21-12-25(18)15-9-5-6-10-15)22-19(26)16-11-20-23-17(16)14-7-3-2-4-8-14/h2-4,7-8,11-13,15H,5-6,9-10H2,1H3,(H,20,23)(H,22,26). The van der Waals surface area contributed by atoms with Crippen LogP contribution in [0, 0.1) is 0 Å². The van der Waals surface area contributed by atoms with E-state index in [-0.39, 0.29) is 11.9 Å². The predicted octanol–water partition coefficient (Wildman–Crippen LogP) is 3.27. The Bertz CT molecular complexity index is 878. The third kappa shape index (κ3) is 3.12. The molecule has 1 fully saturated rings. The number of hydrogen-bond acceptors (Lipinski definition) is 4. The normalized spacial score (nSPS) is 15.9. The number of aromatic amines is 1. The van der Waals surface area contributed by atoms with Crippen LogP contribution in [0.5, 0.6) is 0 Å². The first-order valence-corrected chi connectivity index (χ1v) is 9.03. The molecular formula is C19H22N6O. The Morgan fingerprint density at radius 3 is 2.81 bits per heavy atom. The van der Waals surface area contributed by atoms with Crippen LogP contribution in [0.25, 0.3) is 11.3 Å². The summed E-state index contributed by atoms with van der Waals surface area (Å²) >= 11 is 0. The predicted molar refractivity (Wildman–Crippen MR) is 97.4 cm³/mol. The average Bonchev–Trinajstić information content (AvgIpc) is 3.42. The maximum atomic E-state index is 12.8. The maximum absolute atomic E-state index is 12.8. The van der Waals surface area contributed by atoms with Crippen molar-refractivity contribution in [1.29, 1.82) is 0 Å². The fraction of sp³-hybridized carbons (Fsp3) is 0.368. The van der Waals surface area contributed by atoms with E-state index in [0.29, 0.717) is 17.3 Å². The Labute approximate surface area is 151 Å². The fourth-order valence-electron chi connectivity index (χ4n) is 3.65. The molecule has 2 N–H and O–H groups in total. The molecule has 1 aliphatic carbocycles. The highest BCUT2D eigenvalue weighted by Crippen LogP contribution is 2.31. The highest BCUT2D eigenvalue weighted by molar-refractivity contribution is 5.99. The van der Waals surface area contributed by atoms with Gasteiger partial charge in [0.25, 0.3) is 5.91 Å². The smallest absolute Gasteiger partial charge is 0.255 e. The van der Waals surface area contributed by atoms with Crippen molar-refractivity contribution >= 4 is 5.91 Å². The van der Waals surface area contributed by atoms with Gasteiger partial charge in [-0.15, -0.1) is 10.2 Å². The molecular weight excluding hydrogens is 328 g/mol. The van der Waals surface area contributed by atoms with E-state index in [9.17, 15) is 4.79 Å². The number of carbonyl (C=O) groups excluding carboxylic acids is 1. The molecule has 1 amide bonds. The summed E-state index contributed by atoms with van der Waals surface area (Å²) in [5, 5.41) is 18.3. The van der Waals surface area contributed by atoms with Gasteiger partial charge in [-0.2, -0.15) is 5.10 Å². The Morgan fingerprint density at radius 2 is 2.04 bits per heavy atom. The van der Waals surface area contributed by atoms with Gasteiger partial charge >= 0.3 is 0 Å². The van der Waals surface area contributed by atoms with Crippen LogP contribution in [-0.2, 0) is 0 Å². The molecule has 1 saturated carbocycles. The van der Waals surface area contributed by atoms with Crippen molar-refractivity contribution in [3.05, 3.63) is 54.2 Å². The quantitative estimate of drug-likeness (QED) is 0.739. The third-order valence-electron chi connectivity index (χ3n) is 5.00. The number of H-pyrrole nitrogens is 1. The van der Waals surface area contributed by atoms with Crippen molar-refractivity contribution in [2.45, 2.75) is 44.7 Å². The number of rotatable bonds is 5. The first kappa shape index (κ1) is 16.5. The van der Waals surface area contributed by atoms with Gasteiger partial charge in [-0.1, -0.05) is 43.2 Å². The SMILES string of the molecule is CC(NC(=O)c1cn[nH]c1-c1ccccc1)c1nncn1C1CCCC1. The fourth-order valence-corrected chi connectivity index (χ4v) is 3.65. The lowest BCUT2D eigenvalue weighted by Gasteiger charge is -2.18. The topological polar surface area (TPSA) is 88.5 Å². The molecule has 0 spiro atoms. The van der Waals surface area contributed by atoms with Crippen molar-refractivity contribution in [1.82, 2.24) is 30.3 Å². The molecule has 3 aromatic rings. The van der Waals surface area contributed by atoms with Crippen LogP contribution >= 0.6 is 0 Å². The molecule has 1 aliphatic rings. The summed E-state index contributed by atoms with van der Waals surface area (Å²) in [4.78, 5) is 12.8. The minimum absolute atomic E-state index is 0.175. The summed E-state index contributed by atoms with van der Waals surface area (Å²) in [5.41, 5.74) is 2.17. The van der Waals surface area contributed by atoms with Gasteiger partial charge in [0, 0.05) is 11.6 Å². The molecule has 2 aromatic heterocycles. The molecule has 26 heavy (non-hydrogen) atoms. The Hall–Kier alpha value is -2.96. The molecule has 134 valence electrons. The second-order valence-corrected chi connectivity index (χ2v) is 6.75. The average molecular weight is 350 g/mol. The molecule has 4 rings (SSSR count).